The Kier molecular flexibility index (Phi) is 6.91. The highest BCUT2D eigenvalue weighted by molar-refractivity contribution is 5.97. The molecule has 0 aliphatic heterocycles. The fraction of sp³-hybridized carbons (Fsp3) is 0.562. The molecule has 0 bridgehead atoms. The lowest BCUT2D eigenvalue weighted by Crippen LogP contribution is -2.06. The van der Waals surface area contributed by atoms with Crippen LogP contribution in [0.4, 0.5) is 0 Å². The average Bonchev–Trinajstić information content (AvgIpc) is 2.43. The minimum atomic E-state index is 0.0949. The van der Waals surface area contributed by atoms with E-state index in [4.69, 9.17) is 14.2 Å². The minimum Gasteiger partial charge on any atom is -0.490 e. The first kappa shape index (κ1) is 16.3. The van der Waals surface area contributed by atoms with Gasteiger partial charge in [-0.2, -0.15) is 0 Å². The second-order valence-corrected chi connectivity index (χ2v) is 4.27. The van der Waals surface area contributed by atoms with Crippen LogP contribution >= 0.6 is 0 Å². The Balaban J connectivity index is 3.25. The van der Waals surface area contributed by atoms with Crippen LogP contribution in [-0.2, 0) is 0 Å². The number of Topliss-reactive ketones (excluding diaryl/α,β-unsaturated/α-hetero) is 1. The van der Waals surface area contributed by atoms with Crippen LogP contribution in [0.15, 0.2) is 12.1 Å². The SMILES string of the molecule is CCCC(=O)c1cc(OCC)c(OCC)c(OCC)c1. The number of benzene rings is 1. The summed E-state index contributed by atoms with van der Waals surface area (Å²) in [6.07, 6.45) is 1.34. The number of carbonyl (C=O) groups is 1. The van der Waals surface area contributed by atoms with Crippen LogP contribution in [-0.4, -0.2) is 25.6 Å². The maximum Gasteiger partial charge on any atom is 0.203 e. The summed E-state index contributed by atoms with van der Waals surface area (Å²) >= 11 is 0. The summed E-state index contributed by atoms with van der Waals surface area (Å²) in [7, 11) is 0. The van der Waals surface area contributed by atoms with Crippen LogP contribution in [0.5, 0.6) is 17.2 Å². The summed E-state index contributed by atoms with van der Waals surface area (Å²) in [4.78, 5) is 12.1. The minimum absolute atomic E-state index is 0.0949. The van der Waals surface area contributed by atoms with Gasteiger partial charge in [0.15, 0.2) is 17.3 Å². The van der Waals surface area contributed by atoms with Gasteiger partial charge in [-0.1, -0.05) is 6.92 Å². The number of rotatable bonds is 9. The van der Waals surface area contributed by atoms with Crippen molar-refractivity contribution in [2.24, 2.45) is 0 Å². The highest BCUT2D eigenvalue weighted by Crippen LogP contribution is 2.39. The van der Waals surface area contributed by atoms with Crippen LogP contribution in [0, 0.1) is 0 Å². The second kappa shape index (κ2) is 8.46. The van der Waals surface area contributed by atoms with Crippen LogP contribution < -0.4 is 14.2 Å². The smallest absolute Gasteiger partial charge is 0.203 e. The summed E-state index contributed by atoms with van der Waals surface area (Å²) in [6.45, 7) is 9.23. The number of hydrogen-bond acceptors (Lipinski definition) is 4. The third-order valence-electron chi connectivity index (χ3n) is 2.71. The van der Waals surface area contributed by atoms with Crippen LogP contribution in [0.2, 0.25) is 0 Å². The zero-order valence-corrected chi connectivity index (χ0v) is 12.8. The lowest BCUT2D eigenvalue weighted by molar-refractivity contribution is 0.0980. The molecule has 112 valence electrons. The van der Waals surface area contributed by atoms with E-state index in [0.29, 0.717) is 49.1 Å². The first-order valence-electron chi connectivity index (χ1n) is 7.27. The molecule has 0 aromatic heterocycles. The monoisotopic (exact) mass is 280 g/mol. The quantitative estimate of drug-likeness (QED) is 0.644. The number of ketones is 1. The summed E-state index contributed by atoms with van der Waals surface area (Å²) in [5.41, 5.74) is 0.613. The van der Waals surface area contributed by atoms with Gasteiger partial charge in [-0.3, -0.25) is 4.79 Å². The van der Waals surface area contributed by atoms with E-state index in [9.17, 15) is 4.79 Å². The van der Waals surface area contributed by atoms with Crippen LogP contribution in [0.3, 0.4) is 0 Å². The van der Waals surface area contributed by atoms with Crippen molar-refractivity contribution >= 4 is 5.78 Å². The molecule has 1 rings (SSSR count). The van der Waals surface area contributed by atoms with Crippen LogP contribution in [0.25, 0.3) is 0 Å². The van der Waals surface area contributed by atoms with E-state index in [1.165, 1.54) is 0 Å². The fourth-order valence-electron chi connectivity index (χ4n) is 1.92. The Labute approximate surface area is 121 Å². The molecule has 0 saturated carbocycles. The maximum atomic E-state index is 12.1. The average molecular weight is 280 g/mol. The molecule has 0 amide bonds. The van der Waals surface area contributed by atoms with Gasteiger partial charge in [0.25, 0.3) is 0 Å². The van der Waals surface area contributed by atoms with E-state index in [-0.39, 0.29) is 5.78 Å². The molecule has 0 spiro atoms. The Bertz CT molecular complexity index is 413. The zero-order chi connectivity index (χ0) is 15.0. The summed E-state index contributed by atoms with van der Waals surface area (Å²) in [6, 6.07) is 3.49. The van der Waals surface area contributed by atoms with Gasteiger partial charge in [0.05, 0.1) is 19.8 Å². The lowest BCUT2D eigenvalue weighted by atomic mass is 10.1. The lowest BCUT2D eigenvalue weighted by Gasteiger charge is -2.16. The van der Waals surface area contributed by atoms with E-state index in [1.807, 2.05) is 27.7 Å². The van der Waals surface area contributed by atoms with E-state index < -0.39 is 0 Å². The molecular formula is C16H24O4. The fourth-order valence-corrected chi connectivity index (χ4v) is 1.92. The van der Waals surface area contributed by atoms with Gasteiger partial charge in [-0.25, -0.2) is 0 Å². The predicted molar refractivity (Wildman–Crippen MR) is 79.2 cm³/mol. The highest BCUT2D eigenvalue weighted by atomic mass is 16.5. The molecule has 0 unspecified atom stereocenters. The van der Waals surface area contributed by atoms with Crippen molar-refractivity contribution in [2.45, 2.75) is 40.5 Å². The molecule has 0 saturated heterocycles. The van der Waals surface area contributed by atoms with Gasteiger partial charge in [0.1, 0.15) is 0 Å². The van der Waals surface area contributed by atoms with E-state index in [0.717, 1.165) is 6.42 Å². The number of ether oxygens (including phenoxy) is 3. The highest BCUT2D eigenvalue weighted by Gasteiger charge is 2.17. The Morgan fingerprint density at radius 2 is 1.40 bits per heavy atom. The molecule has 0 radical (unpaired) electrons. The van der Waals surface area contributed by atoms with E-state index in [2.05, 4.69) is 0 Å². The number of carbonyl (C=O) groups excluding carboxylic acids is 1. The molecular weight excluding hydrogens is 256 g/mol. The van der Waals surface area contributed by atoms with Gasteiger partial charge in [-0.05, 0) is 39.3 Å². The molecule has 1 aromatic carbocycles. The van der Waals surface area contributed by atoms with Crippen molar-refractivity contribution < 1.29 is 19.0 Å². The van der Waals surface area contributed by atoms with Crippen molar-refractivity contribution in [3.8, 4) is 17.2 Å². The molecule has 0 aliphatic rings. The topological polar surface area (TPSA) is 44.8 Å². The predicted octanol–water partition coefficient (Wildman–Crippen LogP) is 3.87. The first-order valence-corrected chi connectivity index (χ1v) is 7.27. The van der Waals surface area contributed by atoms with Gasteiger partial charge in [0, 0.05) is 12.0 Å². The van der Waals surface area contributed by atoms with Gasteiger partial charge >= 0.3 is 0 Å². The summed E-state index contributed by atoms with van der Waals surface area (Å²) in [5.74, 6) is 1.81. The summed E-state index contributed by atoms with van der Waals surface area (Å²) in [5, 5.41) is 0. The second-order valence-electron chi connectivity index (χ2n) is 4.27. The third-order valence-corrected chi connectivity index (χ3v) is 2.71. The van der Waals surface area contributed by atoms with Crippen molar-refractivity contribution in [2.75, 3.05) is 19.8 Å². The molecule has 0 heterocycles. The van der Waals surface area contributed by atoms with E-state index in [1.54, 1.807) is 12.1 Å². The zero-order valence-electron chi connectivity index (χ0n) is 12.8. The van der Waals surface area contributed by atoms with Crippen molar-refractivity contribution in [3.63, 3.8) is 0 Å². The standard InChI is InChI=1S/C16H24O4/c1-5-9-13(17)12-10-14(18-6-2)16(20-8-4)15(11-12)19-7-3/h10-11H,5-9H2,1-4H3. The van der Waals surface area contributed by atoms with Gasteiger partial charge in [0.2, 0.25) is 5.75 Å². The molecule has 4 nitrogen and oxygen atoms in total. The van der Waals surface area contributed by atoms with Gasteiger partial charge < -0.3 is 14.2 Å². The molecule has 20 heavy (non-hydrogen) atoms. The first-order chi connectivity index (χ1) is 9.67. The van der Waals surface area contributed by atoms with Crippen molar-refractivity contribution in [1.82, 2.24) is 0 Å². The molecule has 0 N–H and O–H groups in total. The Hall–Kier alpha value is -1.71. The molecule has 4 heteroatoms. The van der Waals surface area contributed by atoms with Gasteiger partial charge in [-0.15, -0.1) is 0 Å². The Morgan fingerprint density at radius 1 is 0.900 bits per heavy atom. The Morgan fingerprint density at radius 3 is 1.80 bits per heavy atom. The number of hydrogen-bond donors (Lipinski definition) is 0. The molecule has 0 fully saturated rings. The van der Waals surface area contributed by atoms with Crippen molar-refractivity contribution in [1.29, 1.82) is 0 Å². The van der Waals surface area contributed by atoms with Crippen LogP contribution in [0.1, 0.15) is 50.9 Å². The molecule has 0 atom stereocenters. The maximum absolute atomic E-state index is 12.1. The largest absolute Gasteiger partial charge is 0.490 e. The molecule has 1 aromatic rings. The third kappa shape index (κ3) is 4.15. The van der Waals surface area contributed by atoms with E-state index >= 15 is 0 Å². The summed E-state index contributed by atoms with van der Waals surface area (Å²) < 4.78 is 16.8. The normalized spacial score (nSPS) is 10.2. The molecule has 0 aliphatic carbocycles. The van der Waals surface area contributed by atoms with Crippen molar-refractivity contribution in [3.05, 3.63) is 17.7 Å².